The molecule has 0 spiro atoms. The third kappa shape index (κ3) is 5.57. The highest BCUT2D eigenvalue weighted by molar-refractivity contribution is 7.90. The van der Waals surface area contributed by atoms with Crippen molar-refractivity contribution < 1.29 is 23.0 Å². The Kier molecular flexibility index (Phi) is 6.51. The number of rotatable bonds is 8. The molecule has 0 aliphatic carbocycles. The summed E-state index contributed by atoms with van der Waals surface area (Å²) in [7, 11) is -3.73. The minimum Gasteiger partial charge on any atom is -0.475 e. The second kappa shape index (κ2) is 8.39. The second-order valence-electron chi connectivity index (χ2n) is 5.23. The van der Waals surface area contributed by atoms with E-state index < -0.39 is 10.2 Å². The zero-order valence-electron chi connectivity index (χ0n) is 13.0. The van der Waals surface area contributed by atoms with Crippen LogP contribution in [0.4, 0.5) is 5.82 Å². The van der Waals surface area contributed by atoms with E-state index >= 15 is 0 Å². The topological polar surface area (TPSA) is 123 Å². The summed E-state index contributed by atoms with van der Waals surface area (Å²) < 4.78 is 39.6. The van der Waals surface area contributed by atoms with E-state index in [-0.39, 0.29) is 30.8 Å². The van der Waals surface area contributed by atoms with E-state index in [9.17, 15) is 8.42 Å². The van der Waals surface area contributed by atoms with Gasteiger partial charge >= 0.3 is 0 Å². The highest BCUT2D eigenvalue weighted by Gasteiger charge is 2.19. The fourth-order valence-corrected chi connectivity index (χ4v) is 3.15. The average molecular weight is 346 g/mol. The van der Waals surface area contributed by atoms with E-state index in [4.69, 9.17) is 14.6 Å². The fraction of sp³-hybridized carbons (Fsp3) is 0.692. The number of ether oxygens (including phenoxy) is 2. The maximum Gasteiger partial charge on any atom is 0.300 e. The highest BCUT2D eigenvalue weighted by atomic mass is 32.2. The zero-order valence-corrected chi connectivity index (χ0v) is 13.8. The first-order chi connectivity index (χ1) is 11.0. The van der Waals surface area contributed by atoms with Gasteiger partial charge in [0.05, 0.1) is 12.2 Å². The molecule has 0 bridgehead atoms. The van der Waals surface area contributed by atoms with E-state index in [0.29, 0.717) is 25.3 Å². The van der Waals surface area contributed by atoms with Crippen molar-refractivity contribution in [1.29, 1.82) is 0 Å². The molecule has 0 amide bonds. The van der Waals surface area contributed by atoms with Gasteiger partial charge in [0.2, 0.25) is 5.88 Å². The van der Waals surface area contributed by atoms with Gasteiger partial charge in [0.15, 0.2) is 5.82 Å². The van der Waals surface area contributed by atoms with Gasteiger partial charge in [0.1, 0.15) is 12.9 Å². The number of aliphatic hydroxyl groups is 1. The first kappa shape index (κ1) is 17.9. The van der Waals surface area contributed by atoms with E-state index in [1.165, 1.54) is 6.33 Å². The summed E-state index contributed by atoms with van der Waals surface area (Å²) >= 11 is 0. The molecule has 1 saturated heterocycles. The lowest BCUT2D eigenvalue weighted by atomic mass is 10.0. The minimum atomic E-state index is -3.73. The number of anilines is 1. The minimum absolute atomic E-state index is 0.0754. The van der Waals surface area contributed by atoms with Crippen molar-refractivity contribution in [3.63, 3.8) is 0 Å². The molecule has 10 heteroatoms. The Morgan fingerprint density at radius 1 is 1.39 bits per heavy atom. The fourth-order valence-electron chi connectivity index (χ4n) is 2.17. The van der Waals surface area contributed by atoms with Crippen molar-refractivity contribution in [3.8, 4) is 5.88 Å². The molecule has 1 fully saturated rings. The van der Waals surface area contributed by atoms with Gasteiger partial charge in [-0.2, -0.15) is 13.1 Å². The normalized spacial score (nSPS) is 16.3. The van der Waals surface area contributed by atoms with Gasteiger partial charge in [-0.05, 0) is 25.7 Å². The molecule has 9 nitrogen and oxygen atoms in total. The summed E-state index contributed by atoms with van der Waals surface area (Å²) in [5.74, 6) is 0.652. The molecule has 1 aliphatic rings. The van der Waals surface area contributed by atoms with Gasteiger partial charge < -0.3 is 14.6 Å². The molecule has 0 atom stereocenters. The van der Waals surface area contributed by atoms with Crippen LogP contribution >= 0.6 is 0 Å². The molecule has 1 aliphatic heterocycles. The molecule has 0 saturated carbocycles. The third-order valence-corrected chi connectivity index (χ3v) is 4.51. The summed E-state index contributed by atoms with van der Waals surface area (Å²) in [6, 6.07) is 0. The predicted molar refractivity (Wildman–Crippen MR) is 83.4 cm³/mol. The molecule has 1 aromatic heterocycles. The Labute approximate surface area is 135 Å². The van der Waals surface area contributed by atoms with E-state index in [1.807, 2.05) is 0 Å². The summed E-state index contributed by atoms with van der Waals surface area (Å²) in [6.07, 6.45) is 2.89. The maximum atomic E-state index is 12.1. The van der Waals surface area contributed by atoms with Crippen LogP contribution in [-0.4, -0.2) is 56.5 Å². The van der Waals surface area contributed by atoms with Gasteiger partial charge in [-0.1, -0.05) is 0 Å². The van der Waals surface area contributed by atoms with E-state index in [1.54, 1.807) is 6.92 Å². The molecular weight excluding hydrogens is 324 g/mol. The number of hydrogen-bond donors (Lipinski definition) is 3. The maximum absolute atomic E-state index is 12.1. The van der Waals surface area contributed by atoms with Crippen molar-refractivity contribution >= 4 is 16.0 Å². The van der Waals surface area contributed by atoms with Crippen LogP contribution < -0.4 is 14.2 Å². The quantitative estimate of drug-likeness (QED) is 0.597. The number of aliphatic hydroxyl groups excluding tert-OH is 1. The molecule has 130 valence electrons. The number of nitrogens with one attached hydrogen (secondary N) is 2. The van der Waals surface area contributed by atoms with E-state index in [0.717, 1.165) is 12.8 Å². The molecule has 2 heterocycles. The molecule has 3 N–H and O–H groups in total. The molecular formula is C13H22N4O5S. The van der Waals surface area contributed by atoms with Crippen LogP contribution in [0.25, 0.3) is 0 Å². The molecule has 0 radical (unpaired) electrons. The lowest BCUT2D eigenvalue weighted by Gasteiger charge is -2.22. The first-order valence-corrected chi connectivity index (χ1v) is 8.90. The average Bonchev–Trinajstić information content (AvgIpc) is 2.55. The largest absolute Gasteiger partial charge is 0.475 e. The van der Waals surface area contributed by atoms with E-state index in [2.05, 4.69) is 19.4 Å². The van der Waals surface area contributed by atoms with Crippen LogP contribution in [0.2, 0.25) is 0 Å². The van der Waals surface area contributed by atoms with Gasteiger partial charge in [-0.15, -0.1) is 0 Å². The molecule has 0 unspecified atom stereocenters. The summed E-state index contributed by atoms with van der Waals surface area (Å²) in [5, 5.41) is 8.77. The van der Waals surface area contributed by atoms with Crippen molar-refractivity contribution in [2.45, 2.75) is 19.8 Å². The Morgan fingerprint density at radius 2 is 2.13 bits per heavy atom. The van der Waals surface area contributed by atoms with Crippen molar-refractivity contribution in [1.82, 2.24) is 14.7 Å². The van der Waals surface area contributed by atoms with Gasteiger partial charge in [0.25, 0.3) is 10.2 Å². The number of nitrogens with zero attached hydrogens (tertiary/aromatic N) is 2. The summed E-state index contributed by atoms with van der Waals surface area (Å²) in [4.78, 5) is 7.84. The van der Waals surface area contributed by atoms with Crippen LogP contribution in [0.1, 0.15) is 18.4 Å². The molecule has 23 heavy (non-hydrogen) atoms. The summed E-state index contributed by atoms with van der Waals surface area (Å²) in [6.45, 7) is 3.25. The Hall–Kier alpha value is -1.49. The van der Waals surface area contributed by atoms with Gasteiger partial charge in [-0.25, -0.2) is 9.97 Å². The smallest absolute Gasteiger partial charge is 0.300 e. The zero-order chi connectivity index (χ0) is 16.7. The van der Waals surface area contributed by atoms with Crippen LogP contribution in [-0.2, 0) is 14.9 Å². The standard InChI is InChI=1S/C13H22N4O5S/c1-10-12(14-9-15-13(10)22-7-4-18)17-23(19,20)16-8-11-2-5-21-6-3-11/h9,11,16,18H,2-8H2,1H3,(H,14,15,17). The summed E-state index contributed by atoms with van der Waals surface area (Å²) in [5.41, 5.74) is 0.456. The first-order valence-electron chi connectivity index (χ1n) is 7.42. The number of hydrogen-bond acceptors (Lipinski definition) is 7. The lowest BCUT2D eigenvalue weighted by Crippen LogP contribution is -2.36. The van der Waals surface area contributed by atoms with Crippen LogP contribution in [0, 0.1) is 12.8 Å². The van der Waals surface area contributed by atoms with Crippen LogP contribution in [0.15, 0.2) is 6.33 Å². The van der Waals surface area contributed by atoms with Crippen molar-refractivity contribution in [2.75, 3.05) is 37.7 Å². The monoisotopic (exact) mass is 346 g/mol. The Balaban J connectivity index is 1.96. The lowest BCUT2D eigenvalue weighted by molar-refractivity contribution is 0.0678. The highest BCUT2D eigenvalue weighted by Crippen LogP contribution is 2.21. The van der Waals surface area contributed by atoms with Gasteiger partial charge in [0, 0.05) is 19.8 Å². The van der Waals surface area contributed by atoms with Gasteiger partial charge in [-0.3, -0.25) is 4.72 Å². The van der Waals surface area contributed by atoms with Crippen LogP contribution in [0.3, 0.4) is 0 Å². The molecule has 1 aromatic rings. The Bertz CT molecular complexity index is 604. The third-order valence-electron chi connectivity index (χ3n) is 3.50. The second-order valence-corrected chi connectivity index (χ2v) is 6.73. The van der Waals surface area contributed by atoms with Crippen LogP contribution in [0.5, 0.6) is 5.88 Å². The predicted octanol–water partition coefficient (Wildman–Crippen LogP) is -0.171. The number of aromatic nitrogens is 2. The Morgan fingerprint density at radius 3 is 2.83 bits per heavy atom. The van der Waals surface area contributed by atoms with Crippen molar-refractivity contribution in [2.24, 2.45) is 5.92 Å². The SMILES string of the molecule is Cc1c(NS(=O)(=O)NCC2CCOCC2)ncnc1OCCO. The molecule has 2 rings (SSSR count). The van der Waals surface area contributed by atoms with Crippen molar-refractivity contribution in [3.05, 3.63) is 11.9 Å². The molecule has 0 aromatic carbocycles.